The number of sulfonamides is 1. The molecule has 0 saturated carbocycles. The summed E-state index contributed by atoms with van der Waals surface area (Å²) < 4.78 is 27.1. The fraction of sp³-hybridized carbons (Fsp3) is 0.250. The molecule has 8 nitrogen and oxygen atoms in total. The summed E-state index contributed by atoms with van der Waals surface area (Å²) in [5.74, 6) is -0.137. The zero-order chi connectivity index (χ0) is 21.6. The van der Waals surface area contributed by atoms with E-state index >= 15 is 0 Å². The summed E-state index contributed by atoms with van der Waals surface area (Å²) in [6, 6.07) is 12.3. The van der Waals surface area contributed by atoms with Crippen LogP contribution in [0, 0.1) is 0 Å². The second-order valence-electron chi connectivity index (χ2n) is 6.62. The molecule has 1 aliphatic heterocycles. The van der Waals surface area contributed by atoms with Gasteiger partial charge in [0.25, 0.3) is 15.9 Å². The summed E-state index contributed by atoms with van der Waals surface area (Å²) in [7, 11) is -3.69. The van der Waals surface area contributed by atoms with Crippen LogP contribution in [0.4, 0.5) is 5.69 Å². The van der Waals surface area contributed by atoms with Gasteiger partial charge < -0.3 is 10.6 Å². The van der Waals surface area contributed by atoms with E-state index in [4.69, 9.17) is 11.6 Å². The van der Waals surface area contributed by atoms with E-state index in [0.717, 1.165) is 6.42 Å². The maximum atomic E-state index is 12.3. The van der Waals surface area contributed by atoms with Crippen LogP contribution >= 0.6 is 11.6 Å². The van der Waals surface area contributed by atoms with E-state index in [1.165, 1.54) is 24.3 Å². The maximum Gasteiger partial charge on any atom is 0.262 e. The van der Waals surface area contributed by atoms with Gasteiger partial charge >= 0.3 is 0 Å². The zero-order valence-corrected chi connectivity index (χ0v) is 17.6. The summed E-state index contributed by atoms with van der Waals surface area (Å²) in [5.41, 5.74) is 0.912. The first-order chi connectivity index (χ1) is 14.3. The number of anilines is 1. The number of amides is 2. The lowest BCUT2D eigenvalue weighted by atomic mass is 10.2. The van der Waals surface area contributed by atoms with Gasteiger partial charge in [-0.2, -0.15) is 0 Å². The number of carbonyl (C=O) groups is 2. The molecule has 0 spiro atoms. The van der Waals surface area contributed by atoms with Crippen molar-refractivity contribution in [3.63, 3.8) is 0 Å². The predicted octanol–water partition coefficient (Wildman–Crippen LogP) is 2.57. The third-order valence-electron chi connectivity index (χ3n) is 4.32. The molecule has 3 rings (SSSR count). The number of aliphatic imine (C=N–C) groups is 1. The molecule has 2 aromatic carbocycles. The number of carbonyl (C=O) groups excluding carboxylic acids is 2. The van der Waals surface area contributed by atoms with Crippen molar-refractivity contribution in [3.8, 4) is 0 Å². The Bertz CT molecular complexity index is 1050. The Morgan fingerprint density at radius 1 is 1.03 bits per heavy atom. The summed E-state index contributed by atoms with van der Waals surface area (Å²) in [5, 5.41) is 5.86. The zero-order valence-electron chi connectivity index (χ0n) is 16.0. The van der Waals surface area contributed by atoms with Gasteiger partial charge in [-0.15, -0.1) is 0 Å². The largest absolute Gasteiger partial charge is 0.352 e. The Kier molecular flexibility index (Phi) is 7.07. The molecular weight excluding hydrogens is 428 g/mol. The van der Waals surface area contributed by atoms with Crippen molar-refractivity contribution in [1.82, 2.24) is 10.0 Å². The number of amidine groups is 1. The van der Waals surface area contributed by atoms with E-state index in [-0.39, 0.29) is 29.7 Å². The summed E-state index contributed by atoms with van der Waals surface area (Å²) in [6.45, 7) is 0.786. The summed E-state index contributed by atoms with van der Waals surface area (Å²) in [4.78, 5) is 28.2. The number of benzene rings is 2. The van der Waals surface area contributed by atoms with Gasteiger partial charge in [0.05, 0.1) is 4.90 Å². The highest BCUT2D eigenvalue weighted by atomic mass is 35.5. The topological polar surface area (TPSA) is 117 Å². The van der Waals surface area contributed by atoms with Gasteiger partial charge in [-0.1, -0.05) is 11.6 Å². The Balaban J connectivity index is 1.47. The van der Waals surface area contributed by atoms with Crippen LogP contribution in [-0.2, 0) is 14.8 Å². The minimum atomic E-state index is -3.69. The number of nitrogens with zero attached hydrogens (tertiary/aromatic N) is 1. The van der Waals surface area contributed by atoms with E-state index in [9.17, 15) is 18.0 Å². The van der Waals surface area contributed by atoms with E-state index in [1.54, 1.807) is 24.3 Å². The van der Waals surface area contributed by atoms with Crippen molar-refractivity contribution in [2.45, 2.75) is 24.2 Å². The van der Waals surface area contributed by atoms with Gasteiger partial charge in [-0.05, 0) is 55.0 Å². The molecule has 2 aromatic rings. The van der Waals surface area contributed by atoms with Crippen LogP contribution < -0.4 is 15.4 Å². The quantitative estimate of drug-likeness (QED) is 0.603. The molecule has 10 heteroatoms. The van der Waals surface area contributed by atoms with Gasteiger partial charge in [-0.25, -0.2) is 8.42 Å². The average molecular weight is 449 g/mol. The molecule has 0 aromatic heterocycles. The van der Waals surface area contributed by atoms with Crippen molar-refractivity contribution >= 4 is 45.0 Å². The molecule has 0 bridgehead atoms. The fourth-order valence-electron chi connectivity index (χ4n) is 2.77. The molecule has 1 aliphatic rings. The molecule has 2 amide bonds. The highest BCUT2D eigenvalue weighted by molar-refractivity contribution is 7.90. The minimum absolute atomic E-state index is 0.0702. The molecule has 1 heterocycles. The third-order valence-corrected chi connectivity index (χ3v) is 5.97. The molecule has 0 atom stereocenters. The molecule has 158 valence electrons. The molecule has 0 radical (unpaired) electrons. The van der Waals surface area contributed by atoms with Crippen LogP contribution in [0.5, 0.6) is 0 Å². The monoisotopic (exact) mass is 448 g/mol. The second kappa shape index (κ2) is 9.73. The minimum Gasteiger partial charge on any atom is -0.352 e. The lowest BCUT2D eigenvalue weighted by Crippen LogP contribution is -2.29. The molecular formula is C20H21ClN4O4S. The molecule has 3 N–H and O–H groups in total. The standard InChI is InChI=1S/C20H21ClN4O4S/c21-15-5-3-14(4-6-15)20(27)23-13-11-19(26)24-16-7-9-17(10-8-16)30(28,29)25-18-2-1-12-22-18/h3-10H,1-2,11-13H2,(H,22,25)(H,23,27)(H,24,26). The fourth-order valence-corrected chi connectivity index (χ4v) is 3.99. The van der Waals surface area contributed by atoms with Gasteiger partial charge in [-0.3, -0.25) is 19.3 Å². The van der Waals surface area contributed by atoms with E-state index in [0.29, 0.717) is 35.1 Å². The predicted molar refractivity (Wildman–Crippen MR) is 115 cm³/mol. The Morgan fingerprint density at radius 3 is 2.37 bits per heavy atom. The van der Waals surface area contributed by atoms with E-state index < -0.39 is 10.0 Å². The summed E-state index contributed by atoms with van der Waals surface area (Å²) in [6.07, 6.45) is 1.52. The van der Waals surface area contributed by atoms with Crippen LogP contribution in [0.3, 0.4) is 0 Å². The first-order valence-corrected chi connectivity index (χ1v) is 11.2. The van der Waals surface area contributed by atoms with Crippen LogP contribution in [-0.4, -0.2) is 39.2 Å². The van der Waals surface area contributed by atoms with Crippen molar-refractivity contribution in [1.29, 1.82) is 0 Å². The Hall–Kier alpha value is -2.91. The molecule has 0 aliphatic carbocycles. The second-order valence-corrected chi connectivity index (χ2v) is 8.74. The van der Waals surface area contributed by atoms with Crippen molar-refractivity contribution in [2.24, 2.45) is 4.99 Å². The van der Waals surface area contributed by atoms with E-state index in [2.05, 4.69) is 20.3 Å². The first kappa shape index (κ1) is 21.8. The Labute approximate surface area is 179 Å². The number of hydrogen-bond donors (Lipinski definition) is 3. The molecule has 30 heavy (non-hydrogen) atoms. The Morgan fingerprint density at radius 2 is 1.73 bits per heavy atom. The normalized spacial score (nSPS) is 13.4. The highest BCUT2D eigenvalue weighted by Crippen LogP contribution is 2.15. The van der Waals surface area contributed by atoms with Gasteiger partial charge in [0, 0.05) is 42.2 Å². The molecule has 0 fully saturated rings. The number of nitrogens with one attached hydrogen (secondary N) is 3. The van der Waals surface area contributed by atoms with Crippen molar-refractivity contribution < 1.29 is 18.0 Å². The SMILES string of the molecule is O=C(CCNC(=O)c1ccc(Cl)cc1)Nc1ccc(S(=O)(=O)NC2=NCCC2)cc1. The van der Waals surface area contributed by atoms with Crippen molar-refractivity contribution in [3.05, 3.63) is 59.1 Å². The average Bonchev–Trinajstić information content (AvgIpc) is 3.21. The van der Waals surface area contributed by atoms with Crippen LogP contribution in [0.1, 0.15) is 29.6 Å². The molecule has 0 saturated heterocycles. The van der Waals surface area contributed by atoms with Gasteiger partial charge in [0.15, 0.2) is 0 Å². The molecule has 0 unspecified atom stereocenters. The van der Waals surface area contributed by atoms with Gasteiger partial charge in [0.1, 0.15) is 5.84 Å². The van der Waals surface area contributed by atoms with Crippen LogP contribution in [0.2, 0.25) is 5.02 Å². The number of halogens is 1. The lowest BCUT2D eigenvalue weighted by Gasteiger charge is -2.09. The van der Waals surface area contributed by atoms with Gasteiger partial charge in [0.2, 0.25) is 5.91 Å². The van der Waals surface area contributed by atoms with Crippen LogP contribution in [0.15, 0.2) is 58.4 Å². The highest BCUT2D eigenvalue weighted by Gasteiger charge is 2.18. The third kappa shape index (κ3) is 6.04. The first-order valence-electron chi connectivity index (χ1n) is 9.33. The summed E-state index contributed by atoms with van der Waals surface area (Å²) >= 11 is 5.79. The lowest BCUT2D eigenvalue weighted by molar-refractivity contribution is -0.116. The maximum absolute atomic E-state index is 12.3. The van der Waals surface area contributed by atoms with Crippen molar-refractivity contribution in [2.75, 3.05) is 18.4 Å². The smallest absolute Gasteiger partial charge is 0.262 e. The number of rotatable bonds is 7. The number of hydrogen-bond acceptors (Lipinski definition) is 5. The van der Waals surface area contributed by atoms with Crippen LogP contribution in [0.25, 0.3) is 0 Å². The van der Waals surface area contributed by atoms with E-state index in [1.807, 2.05) is 0 Å².